The lowest BCUT2D eigenvalue weighted by Crippen LogP contribution is -2.20. The van der Waals surface area contributed by atoms with Crippen molar-refractivity contribution in [2.75, 3.05) is 11.9 Å². The molecule has 6 heteroatoms. The molecule has 0 radical (unpaired) electrons. The summed E-state index contributed by atoms with van der Waals surface area (Å²) in [7, 11) is 0. The quantitative estimate of drug-likeness (QED) is 0.632. The van der Waals surface area contributed by atoms with Crippen LogP contribution in [0.3, 0.4) is 0 Å². The Morgan fingerprint density at radius 3 is 2.03 bits per heavy atom. The zero-order chi connectivity index (χ0) is 20.8. The summed E-state index contributed by atoms with van der Waals surface area (Å²) in [4.78, 5) is 23.4. The molecule has 0 atom stereocenters. The van der Waals surface area contributed by atoms with E-state index in [1.54, 1.807) is 49.4 Å². The molecular weight excluding hydrogens is 368 g/mol. The van der Waals surface area contributed by atoms with E-state index < -0.39 is 5.91 Å². The predicted molar refractivity (Wildman–Crippen MR) is 112 cm³/mol. The largest absolute Gasteiger partial charge is 0.484 e. The smallest absolute Gasteiger partial charge is 0.262 e. The lowest BCUT2D eigenvalue weighted by molar-refractivity contribution is -0.118. The van der Waals surface area contributed by atoms with E-state index in [4.69, 9.17) is 15.2 Å². The first-order valence-corrected chi connectivity index (χ1v) is 9.08. The van der Waals surface area contributed by atoms with E-state index in [2.05, 4.69) is 5.32 Å². The number of amides is 2. The molecule has 0 bridgehead atoms. The van der Waals surface area contributed by atoms with Gasteiger partial charge in [-0.3, -0.25) is 9.59 Å². The predicted octanol–water partition coefficient (Wildman–Crippen LogP) is 4.21. The van der Waals surface area contributed by atoms with Gasteiger partial charge in [-0.15, -0.1) is 0 Å². The van der Waals surface area contributed by atoms with Crippen molar-refractivity contribution in [1.82, 2.24) is 0 Å². The number of ether oxygens (including phenoxy) is 2. The molecular formula is C23H22N2O4. The Balaban J connectivity index is 1.51. The van der Waals surface area contributed by atoms with Crippen LogP contribution in [0, 0.1) is 13.8 Å². The maximum absolute atomic E-state index is 12.1. The molecule has 29 heavy (non-hydrogen) atoms. The summed E-state index contributed by atoms with van der Waals surface area (Å²) in [5.41, 5.74) is 8.14. The standard InChI is InChI=1S/C23H22N2O4/c1-15-3-6-19(7-4-15)29-20-10-8-18(9-11-20)28-14-22(26)25-17-5-12-21(23(24)27)16(2)13-17/h3-13H,14H2,1-2H3,(H2,24,27)(H,25,26). The van der Waals surface area contributed by atoms with Crippen molar-refractivity contribution < 1.29 is 19.1 Å². The number of benzene rings is 3. The van der Waals surface area contributed by atoms with Gasteiger partial charge in [-0.05, 0) is 74.0 Å². The van der Waals surface area contributed by atoms with Crippen LogP contribution in [0.5, 0.6) is 17.2 Å². The van der Waals surface area contributed by atoms with Crippen molar-refractivity contribution in [2.45, 2.75) is 13.8 Å². The Morgan fingerprint density at radius 2 is 1.45 bits per heavy atom. The number of anilines is 1. The Bertz CT molecular complexity index is 1010. The Labute approximate surface area is 169 Å². The second-order valence-electron chi connectivity index (χ2n) is 6.62. The molecule has 6 nitrogen and oxygen atoms in total. The van der Waals surface area contributed by atoms with Gasteiger partial charge in [0.2, 0.25) is 5.91 Å². The normalized spacial score (nSPS) is 10.3. The maximum atomic E-state index is 12.1. The highest BCUT2D eigenvalue weighted by Crippen LogP contribution is 2.24. The number of aryl methyl sites for hydroxylation is 2. The molecule has 3 aromatic rings. The van der Waals surface area contributed by atoms with Crippen molar-refractivity contribution in [3.8, 4) is 17.2 Å². The molecule has 0 aliphatic rings. The summed E-state index contributed by atoms with van der Waals surface area (Å²) >= 11 is 0. The summed E-state index contributed by atoms with van der Waals surface area (Å²) in [6, 6.07) is 19.7. The molecule has 0 aliphatic carbocycles. The molecule has 0 aromatic heterocycles. The average molecular weight is 390 g/mol. The van der Waals surface area contributed by atoms with E-state index in [9.17, 15) is 9.59 Å². The molecule has 3 N–H and O–H groups in total. The molecule has 0 saturated heterocycles. The van der Waals surface area contributed by atoms with E-state index in [0.717, 1.165) is 5.75 Å². The van der Waals surface area contributed by atoms with Gasteiger partial charge in [0.1, 0.15) is 17.2 Å². The fourth-order valence-corrected chi connectivity index (χ4v) is 2.71. The first-order chi connectivity index (χ1) is 13.9. The number of rotatable bonds is 7. The van der Waals surface area contributed by atoms with Crippen molar-refractivity contribution in [3.63, 3.8) is 0 Å². The van der Waals surface area contributed by atoms with Gasteiger partial charge in [0.25, 0.3) is 5.91 Å². The van der Waals surface area contributed by atoms with Crippen molar-refractivity contribution >= 4 is 17.5 Å². The average Bonchev–Trinajstić information content (AvgIpc) is 2.69. The van der Waals surface area contributed by atoms with Crippen LogP contribution in [0.15, 0.2) is 66.7 Å². The van der Waals surface area contributed by atoms with Crippen molar-refractivity contribution in [2.24, 2.45) is 5.73 Å². The van der Waals surface area contributed by atoms with Crippen LogP contribution in [0.1, 0.15) is 21.5 Å². The van der Waals surface area contributed by atoms with Crippen LogP contribution in [-0.4, -0.2) is 18.4 Å². The first-order valence-electron chi connectivity index (χ1n) is 9.08. The van der Waals surface area contributed by atoms with Gasteiger partial charge in [-0.25, -0.2) is 0 Å². The zero-order valence-electron chi connectivity index (χ0n) is 16.3. The highest BCUT2D eigenvalue weighted by atomic mass is 16.5. The van der Waals surface area contributed by atoms with Crippen LogP contribution >= 0.6 is 0 Å². The van der Waals surface area contributed by atoms with Crippen LogP contribution < -0.4 is 20.5 Å². The van der Waals surface area contributed by atoms with Gasteiger partial charge >= 0.3 is 0 Å². The fraction of sp³-hybridized carbons (Fsp3) is 0.130. The lowest BCUT2D eigenvalue weighted by atomic mass is 10.1. The molecule has 148 valence electrons. The van der Waals surface area contributed by atoms with E-state index in [1.807, 2.05) is 31.2 Å². The summed E-state index contributed by atoms with van der Waals surface area (Å²) < 4.78 is 11.3. The number of nitrogens with two attached hydrogens (primary N) is 1. The molecule has 2 amide bonds. The van der Waals surface area contributed by atoms with Crippen LogP contribution in [0.4, 0.5) is 5.69 Å². The third-order valence-electron chi connectivity index (χ3n) is 4.23. The van der Waals surface area contributed by atoms with Gasteiger partial charge < -0.3 is 20.5 Å². The number of hydrogen-bond donors (Lipinski definition) is 2. The molecule has 0 aliphatic heterocycles. The van der Waals surface area contributed by atoms with Crippen LogP contribution in [-0.2, 0) is 4.79 Å². The highest BCUT2D eigenvalue weighted by Gasteiger charge is 2.08. The summed E-state index contributed by atoms with van der Waals surface area (Å²) in [6.07, 6.45) is 0. The van der Waals surface area contributed by atoms with E-state index in [1.165, 1.54) is 5.56 Å². The summed E-state index contributed by atoms with van der Waals surface area (Å²) in [5.74, 6) is 1.17. The topological polar surface area (TPSA) is 90.7 Å². The summed E-state index contributed by atoms with van der Waals surface area (Å²) in [5, 5.41) is 2.73. The SMILES string of the molecule is Cc1ccc(Oc2ccc(OCC(=O)Nc3ccc(C(N)=O)c(C)c3)cc2)cc1. The molecule has 0 spiro atoms. The molecule has 0 unspecified atom stereocenters. The van der Waals surface area contributed by atoms with Gasteiger partial charge in [-0.1, -0.05) is 17.7 Å². The number of nitrogens with one attached hydrogen (secondary N) is 1. The third-order valence-corrected chi connectivity index (χ3v) is 4.23. The molecule has 3 aromatic carbocycles. The summed E-state index contributed by atoms with van der Waals surface area (Å²) in [6.45, 7) is 3.63. The minimum absolute atomic E-state index is 0.144. The van der Waals surface area contributed by atoms with Gasteiger partial charge in [0.15, 0.2) is 6.61 Å². The number of primary amides is 1. The molecule has 3 rings (SSSR count). The fourth-order valence-electron chi connectivity index (χ4n) is 2.71. The molecule has 0 saturated carbocycles. The number of carbonyl (C=O) groups is 2. The van der Waals surface area contributed by atoms with E-state index in [-0.39, 0.29) is 12.5 Å². The maximum Gasteiger partial charge on any atom is 0.262 e. The van der Waals surface area contributed by atoms with Gasteiger partial charge in [-0.2, -0.15) is 0 Å². The molecule has 0 fully saturated rings. The second kappa shape index (κ2) is 8.93. The Hall–Kier alpha value is -3.80. The van der Waals surface area contributed by atoms with Crippen molar-refractivity contribution in [1.29, 1.82) is 0 Å². The number of carbonyl (C=O) groups excluding carboxylic acids is 2. The Morgan fingerprint density at radius 1 is 0.862 bits per heavy atom. The third kappa shape index (κ3) is 5.59. The molecule has 0 heterocycles. The van der Waals surface area contributed by atoms with Gasteiger partial charge in [0, 0.05) is 11.3 Å². The monoisotopic (exact) mass is 390 g/mol. The Kier molecular flexibility index (Phi) is 6.14. The van der Waals surface area contributed by atoms with Gasteiger partial charge in [0.05, 0.1) is 0 Å². The minimum atomic E-state index is -0.501. The minimum Gasteiger partial charge on any atom is -0.484 e. The van der Waals surface area contributed by atoms with Crippen LogP contribution in [0.2, 0.25) is 0 Å². The van der Waals surface area contributed by atoms with Crippen molar-refractivity contribution in [3.05, 3.63) is 83.4 Å². The first kappa shape index (κ1) is 19.9. The second-order valence-corrected chi connectivity index (χ2v) is 6.62. The van der Waals surface area contributed by atoms with Crippen LogP contribution in [0.25, 0.3) is 0 Å². The van der Waals surface area contributed by atoms with E-state index >= 15 is 0 Å². The number of hydrogen-bond acceptors (Lipinski definition) is 4. The lowest BCUT2D eigenvalue weighted by Gasteiger charge is -2.10. The van der Waals surface area contributed by atoms with E-state index in [0.29, 0.717) is 28.3 Å². The highest BCUT2D eigenvalue weighted by molar-refractivity contribution is 5.96. The zero-order valence-corrected chi connectivity index (χ0v) is 16.3.